The lowest BCUT2D eigenvalue weighted by Gasteiger charge is -2.02. The summed E-state index contributed by atoms with van der Waals surface area (Å²) >= 11 is 1.42. The second-order valence-corrected chi connectivity index (χ2v) is 4.53. The fourth-order valence-corrected chi connectivity index (χ4v) is 2.02. The van der Waals surface area contributed by atoms with Gasteiger partial charge < -0.3 is 10.1 Å². The molecule has 104 valence electrons. The number of nitrogens with one attached hydrogen (secondary N) is 2. The van der Waals surface area contributed by atoms with Gasteiger partial charge in [0.1, 0.15) is 5.01 Å². The van der Waals surface area contributed by atoms with Crippen LogP contribution in [0, 0.1) is 0 Å². The lowest BCUT2D eigenvalue weighted by Crippen LogP contribution is -2.30. The highest BCUT2D eigenvalue weighted by Gasteiger charge is 2.06. The van der Waals surface area contributed by atoms with Gasteiger partial charge in [0.05, 0.1) is 13.2 Å². The topological polar surface area (TPSA) is 76.1 Å². The molecule has 0 saturated heterocycles. The number of ether oxygens (including phenoxy) is 1. The van der Waals surface area contributed by atoms with Crippen molar-refractivity contribution in [1.82, 2.24) is 15.5 Å². The predicted molar refractivity (Wildman–Crippen MR) is 74.5 cm³/mol. The Morgan fingerprint density at radius 1 is 1.44 bits per heavy atom. The van der Waals surface area contributed by atoms with Crippen molar-refractivity contribution in [2.24, 2.45) is 0 Å². The Kier molecular flexibility index (Phi) is 9.76. The van der Waals surface area contributed by atoms with Crippen LogP contribution in [0.3, 0.4) is 0 Å². The molecule has 0 fully saturated rings. The van der Waals surface area contributed by atoms with Crippen molar-refractivity contribution in [3.05, 3.63) is 5.01 Å². The Balaban J connectivity index is 0.00000289. The first kappa shape index (κ1) is 17.2. The number of nitrogens with zero attached hydrogens (tertiary/aromatic N) is 2. The molecule has 1 heterocycles. The lowest BCUT2D eigenvalue weighted by molar-refractivity contribution is -0.115. The quantitative estimate of drug-likeness (QED) is 0.702. The zero-order chi connectivity index (χ0) is 12.5. The molecular formula is C10H19ClN4O2S. The largest absolute Gasteiger partial charge is 0.383 e. The predicted octanol–water partition coefficient (Wildman–Crippen LogP) is 1.09. The molecule has 6 nitrogen and oxygen atoms in total. The standard InChI is InChI=1S/C10H18N4O2S.ClH/c1-3-4-9-13-14-10(17-9)12-8(15)7-11-5-6-16-2;/h11H,3-7H2,1-2H3,(H,12,14,15);1H. The summed E-state index contributed by atoms with van der Waals surface area (Å²) in [4.78, 5) is 11.5. The van der Waals surface area contributed by atoms with Gasteiger partial charge in [0.25, 0.3) is 0 Å². The molecule has 1 aromatic rings. The Hall–Kier alpha value is -0.760. The molecule has 0 saturated carbocycles. The van der Waals surface area contributed by atoms with Gasteiger partial charge in [-0.3, -0.25) is 10.1 Å². The minimum absolute atomic E-state index is 0. The molecule has 0 radical (unpaired) electrons. The fourth-order valence-electron chi connectivity index (χ4n) is 1.16. The second-order valence-electron chi connectivity index (χ2n) is 3.47. The third kappa shape index (κ3) is 6.85. The van der Waals surface area contributed by atoms with Gasteiger partial charge in [-0.1, -0.05) is 18.3 Å². The normalized spacial score (nSPS) is 9.89. The Morgan fingerprint density at radius 2 is 2.22 bits per heavy atom. The van der Waals surface area contributed by atoms with E-state index in [1.54, 1.807) is 7.11 Å². The molecule has 0 unspecified atom stereocenters. The summed E-state index contributed by atoms with van der Waals surface area (Å²) in [5.41, 5.74) is 0. The number of halogens is 1. The lowest BCUT2D eigenvalue weighted by atomic mass is 10.4. The number of amides is 1. The van der Waals surface area contributed by atoms with Crippen LogP contribution < -0.4 is 10.6 Å². The maximum absolute atomic E-state index is 11.5. The minimum Gasteiger partial charge on any atom is -0.383 e. The number of hydrogen-bond acceptors (Lipinski definition) is 6. The highest BCUT2D eigenvalue weighted by molar-refractivity contribution is 7.15. The van der Waals surface area contributed by atoms with Crippen LogP contribution in [0.15, 0.2) is 0 Å². The van der Waals surface area contributed by atoms with E-state index in [1.807, 2.05) is 0 Å². The second kappa shape index (κ2) is 10.2. The van der Waals surface area contributed by atoms with Gasteiger partial charge in [0.2, 0.25) is 11.0 Å². The molecule has 0 spiro atoms. The molecule has 0 aliphatic rings. The Morgan fingerprint density at radius 3 is 2.89 bits per heavy atom. The highest BCUT2D eigenvalue weighted by atomic mass is 35.5. The van der Waals surface area contributed by atoms with Gasteiger partial charge in [-0.15, -0.1) is 22.6 Å². The van der Waals surface area contributed by atoms with Gasteiger partial charge in [-0.05, 0) is 6.42 Å². The Labute approximate surface area is 117 Å². The first-order valence-corrected chi connectivity index (χ1v) is 6.39. The molecule has 8 heteroatoms. The third-order valence-electron chi connectivity index (χ3n) is 1.95. The SMILES string of the molecule is CCCc1nnc(NC(=O)CNCCOC)s1.Cl. The fraction of sp³-hybridized carbons (Fsp3) is 0.700. The van der Waals surface area contributed by atoms with E-state index in [0.717, 1.165) is 17.8 Å². The van der Waals surface area contributed by atoms with E-state index in [2.05, 4.69) is 27.8 Å². The number of aromatic nitrogens is 2. The van der Waals surface area contributed by atoms with Crippen molar-refractivity contribution in [3.8, 4) is 0 Å². The van der Waals surface area contributed by atoms with Crippen molar-refractivity contribution in [1.29, 1.82) is 0 Å². The Bertz CT molecular complexity index is 348. The van der Waals surface area contributed by atoms with E-state index < -0.39 is 0 Å². The van der Waals surface area contributed by atoms with Crippen LogP contribution in [-0.2, 0) is 16.0 Å². The van der Waals surface area contributed by atoms with Crippen molar-refractivity contribution in [2.45, 2.75) is 19.8 Å². The molecule has 2 N–H and O–H groups in total. The molecule has 0 aliphatic heterocycles. The van der Waals surface area contributed by atoms with E-state index in [-0.39, 0.29) is 24.9 Å². The van der Waals surface area contributed by atoms with Crippen LogP contribution in [0.2, 0.25) is 0 Å². The number of methoxy groups -OCH3 is 1. The molecule has 1 rings (SSSR count). The third-order valence-corrected chi connectivity index (χ3v) is 2.84. The van der Waals surface area contributed by atoms with Crippen LogP contribution in [0.5, 0.6) is 0 Å². The number of carbonyl (C=O) groups excluding carboxylic acids is 1. The molecule has 1 aromatic heterocycles. The highest BCUT2D eigenvalue weighted by Crippen LogP contribution is 2.15. The monoisotopic (exact) mass is 294 g/mol. The van der Waals surface area contributed by atoms with Gasteiger partial charge in [-0.2, -0.15) is 0 Å². The summed E-state index contributed by atoms with van der Waals surface area (Å²) in [6, 6.07) is 0. The average molecular weight is 295 g/mol. The van der Waals surface area contributed by atoms with Crippen LogP contribution in [0.1, 0.15) is 18.4 Å². The minimum atomic E-state index is -0.111. The average Bonchev–Trinajstić information content (AvgIpc) is 2.73. The zero-order valence-corrected chi connectivity index (χ0v) is 12.2. The van der Waals surface area contributed by atoms with E-state index in [4.69, 9.17) is 4.74 Å². The maximum atomic E-state index is 11.5. The molecule has 0 atom stereocenters. The van der Waals surface area contributed by atoms with Gasteiger partial charge in [0.15, 0.2) is 0 Å². The van der Waals surface area contributed by atoms with Crippen LogP contribution in [0.25, 0.3) is 0 Å². The van der Waals surface area contributed by atoms with Gasteiger partial charge in [0, 0.05) is 20.1 Å². The van der Waals surface area contributed by atoms with Crippen molar-refractivity contribution < 1.29 is 9.53 Å². The van der Waals surface area contributed by atoms with E-state index in [1.165, 1.54) is 11.3 Å². The van der Waals surface area contributed by atoms with Crippen molar-refractivity contribution in [3.63, 3.8) is 0 Å². The summed E-state index contributed by atoms with van der Waals surface area (Å²) in [5.74, 6) is -0.111. The van der Waals surface area contributed by atoms with Gasteiger partial charge in [-0.25, -0.2) is 0 Å². The van der Waals surface area contributed by atoms with Crippen molar-refractivity contribution >= 4 is 34.8 Å². The summed E-state index contributed by atoms with van der Waals surface area (Å²) < 4.78 is 4.86. The molecule has 0 aromatic carbocycles. The first-order chi connectivity index (χ1) is 8.26. The van der Waals surface area contributed by atoms with Crippen LogP contribution in [-0.4, -0.2) is 42.9 Å². The molecular weight excluding hydrogens is 276 g/mol. The van der Waals surface area contributed by atoms with Crippen molar-refractivity contribution in [2.75, 3.05) is 32.1 Å². The van der Waals surface area contributed by atoms with E-state index in [0.29, 0.717) is 18.3 Å². The summed E-state index contributed by atoms with van der Waals surface area (Å²) in [6.07, 6.45) is 1.93. The number of anilines is 1. The number of aryl methyl sites for hydroxylation is 1. The summed E-state index contributed by atoms with van der Waals surface area (Å²) in [6.45, 7) is 3.58. The van der Waals surface area contributed by atoms with E-state index >= 15 is 0 Å². The zero-order valence-electron chi connectivity index (χ0n) is 10.6. The maximum Gasteiger partial charge on any atom is 0.240 e. The van der Waals surface area contributed by atoms with Crippen LogP contribution >= 0.6 is 23.7 Å². The molecule has 1 amide bonds. The molecule has 0 bridgehead atoms. The smallest absolute Gasteiger partial charge is 0.240 e. The number of rotatable bonds is 8. The summed E-state index contributed by atoms with van der Waals surface area (Å²) in [7, 11) is 1.62. The van der Waals surface area contributed by atoms with Gasteiger partial charge >= 0.3 is 0 Å². The summed E-state index contributed by atoms with van der Waals surface area (Å²) in [5, 5.41) is 15.1. The van der Waals surface area contributed by atoms with E-state index in [9.17, 15) is 4.79 Å². The molecule has 0 aliphatic carbocycles. The number of carbonyl (C=O) groups is 1. The first-order valence-electron chi connectivity index (χ1n) is 5.58. The van der Waals surface area contributed by atoms with Crippen LogP contribution in [0.4, 0.5) is 5.13 Å². The molecule has 18 heavy (non-hydrogen) atoms. The number of hydrogen-bond donors (Lipinski definition) is 2.